The number of carbonyl (C=O) groups is 1. The van der Waals surface area contributed by atoms with Gasteiger partial charge in [-0.3, -0.25) is 9.69 Å². The van der Waals surface area contributed by atoms with Gasteiger partial charge in [0, 0.05) is 43.7 Å². The van der Waals surface area contributed by atoms with Crippen LogP contribution in [-0.4, -0.2) is 47.1 Å². The van der Waals surface area contributed by atoms with Crippen LogP contribution in [0.2, 0.25) is 0 Å². The molecular weight excluding hydrogens is 302 g/mol. The zero-order valence-electron chi connectivity index (χ0n) is 13.8. The quantitative estimate of drug-likeness (QED) is 0.937. The molecule has 0 unspecified atom stereocenters. The lowest BCUT2D eigenvalue weighted by molar-refractivity contribution is -0.147. The Morgan fingerprint density at radius 2 is 1.92 bits per heavy atom. The van der Waals surface area contributed by atoms with Gasteiger partial charge in [-0.05, 0) is 31.4 Å². The number of carboxylic acid groups (broad SMARTS) is 1. The number of piperidine rings is 1. The van der Waals surface area contributed by atoms with Gasteiger partial charge in [0.05, 0.1) is 11.4 Å². The molecule has 2 aromatic rings. The molecule has 1 aromatic heterocycles. The highest BCUT2D eigenvalue weighted by Gasteiger charge is 2.33. The summed E-state index contributed by atoms with van der Waals surface area (Å²) in [4.78, 5) is 20.6. The molecule has 0 atom stereocenters. The number of hydrogen-bond donors (Lipinski definition) is 1. The molecule has 0 bridgehead atoms. The summed E-state index contributed by atoms with van der Waals surface area (Å²) >= 11 is 0. The number of rotatable bonds is 4. The number of aromatic nitrogens is 1. The molecule has 0 spiro atoms. The maximum Gasteiger partial charge on any atom is 0.309 e. The van der Waals surface area contributed by atoms with Crippen LogP contribution in [0.25, 0.3) is 10.9 Å². The first-order chi connectivity index (χ1) is 11.7. The van der Waals surface area contributed by atoms with Gasteiger partial charge in [-0.15, -0.1) is 0 Å². The van der Waals surface area contributed by atoms with Gasteiger partial charge >= 0.3 is 5.97 Å². The molecule has 126 valence electrons. The molecule has 2 saturated heterocycles. The molecule has 0 aliphatic carbocycles. The fourth-order valence-electron chi connectivity index (χ4n) is 3.74. The van der Waals surface area contributed by atoms with Gasteiger partial charge in [0.1, 0.15) is 5.82 Å². The van der Waals surface area contributed by atoms with E-state index in [1.807, 2.05) is 12.1 Å². The molecular formula is C19H23N3O2. The van der Waals surface area contributed by atoms with E-state index in [1.165, 1.54) is 24.8 Å². The van der Waals surface area contributed by atoms with Gasteiger partial charge in [-0.1, -0.05) is 18.2 Å². The molecule has 2 aliphatic heterocycles. The van der Waals surface area contributed by atoms with Crippen LogP contribution in [0.1, 0.15) is 24.8 Å². The van der Waals surface area contributed by atoms with E-state index in [9.17, 15) is 4.79 Å². The monoisotopic (exact) mass is 325 g/mol. The van der Waals surface area contributed by atoms with Crippen molar-refractivity contribution in [3.63, 3.8) is 0 Å². The first-order valence-corrected chi connectivity index (χ1v) is 8.79. The summed E-state index contributed by atoms with van der Waals surface area (Å²) in [6.45, 7) is 4.20. The van der Waals surface area contributed by atoms with E-state index in [2.05, 4.69) is 28.0 Å². The number of likely N-dealkylation sites (tertiary alicyclic amines) is 1. The van der Waals surface area contributed by atoms with Crippen molar-refractivity contribution < 1.29 is 9.90 Å². The van der Waals surface area contributed by atoms with Crippen molar-refractivity contribution in [2.75, 3.05) is 31.1 Å². The molecule has 3 heterocycles. The highest BCUT2D eigenvalue weighted by molar-refractivity contribution is 5.82. The van der Waals surface area contributed by atoms with Gasteiger partial charge in [0.25, 0.3) is 0 Å². The Balaban J connectivity index is 1.62. The predicted molar refractivity (Wildman–Crippen MR) is 94.2 cm³/mol. The second-order valence-corrected chi connectivity index (χ2v) is 6.94. The minimum atomic E-state index is -0.681. The van der Waals surface area contributed by atoms with Crippen molar-refractivity contribution in [2.24, 2.45) is 5.92 Å². The molecule has 5 heteroatoms. The molecule has 5 nitrogen and oxygen atoms in total. The maximum atomic E-state index is 11.0. The smallest absolute Gasteiger partial charge is 0.309 e. The van der Waals surface area contributed by atoms with Crippen molar-refractivity contribution in [1.29, 1.82) is 0 Å². The minimum absolute atomic E-state index is 0.211. The molecule has 0 radical (unpaired) electrons. The predicted octanol–water partition coefficient (Wildman–Crippen LogP) is 2.74. The van der Waals surface area contributed by atoms with Crippen molar-refractivity contribution >= 4 is 22.7 Å². The SMILES string of the molecule is O=C(O)C1CN(Cc2cc3ccccc3nc2N2CCCCC2)C1. The van der Waals surface area contributed by atoms with Gasteiger partial charge < -0.3 is 10.0 Å². The summed E-state index contributed by atoms with van der Waals surface area (Å²) in [5.41, 5.74) is 2.26. The van der Waals surface area contributed by atoms with Crippen LogP contribution in [0.3, 0.4) is 0 Å². The number of anilines is 1. The van der Waals surface area contributed by atoms with Crippen LogP contribution in [0, 0.1) is 5.92 Å². The highest BCUT2D eigenvalue weighted by Crippen LogP contribution is 2.29. The number of carboxylic acids is 1. The second-order valence-electron chi connectivity index (χ2n) is 6.94. The van der Waals surface area contributed by atoms with E-state index in [1.54, 1.807) is 0 Å². The number of pyridine rings is 1. The zero-order valence-corrected chi connectivity index (χ0v) is 13.8. The summed E-state index contributed by atoms with van der Waals surface area (Å²) in [7, 11) is 0. The van der Waals surface area contributed by atoms with Crippen molar-refractivity contribution in [2.45, 2.75) is 25.8 Å². The highest BCUT2D eigenvalue weighted by atomic mass is 16.4. The third-order valence-electron chi connectivity index (χ3n) is 5.14. The first-order valence-electron chi connectivity index (χ1n) is 8.79. The average Bonchev–Trinajstić information content (AvgIpc) is 2.57. The van der Waals surface area contributed by atoms with Crippen molar-refractivity contribution in [3.8, 4) is 0 Å². The van der Waals surface area contributed by atoms with E-state index in [0.29, 0.717) is 13.1 Å². The summed E-state index contributed by atoms with van der Waals surface area (Å²) in [5.74, 6) is 0.197. The third-order valence-corrected chi connectivity index (χ3v) is 5.14. The Morgan fingerprint density at radius 3 is 2.67 bits per heavy atom. The van der Waals surface area contributed by atoms with Gasteiger partial charge in [-0.2, -0.15) is 0 Å². The first kappa shape index (κ1) is 15.4. The van der Waals surface area contributed by atoms with Crippen LogP contribution < -0.4 is 4.90 Å². The van der Waals surface area contributed by atoms with E-state index in [-0.39, 0.29) is 5.92 Å². The molecule has 2 fully saturated rings. The van der Waals surface area contributed by atoms with E-state index in [0.717, 1.165) is 36.4 Å². The normalized spacial score (nSPS) is 19.4. The minimum Gasteiger partial charge on any atom is -0.481 e. The fourth-order valence-corrected chi connectivity index (χ4v) is 3.74. The Bertz CT molecular complexity index is 749. The largest absolute Gasteiger partial charge is 0.481 e. The zero-order chi connectivity index (χ0) is 16.5. The molecule has 1 aromatic carbocycles. The number of aliphatic carboxylic acids is 1. The van der Waals surface area contributed by atoms with Gasteiger partial charge in [0.2, 0.25) is 0 Å². The van der Waals surface area contributed by atoms with E-state index >= 15 is 0 Å². The summed E-state index contributed by atoms with van der Waals surface area (Å²) in [5, 5.41) is 10.2. The third kappa shape index (κ3) is 2.96. The molecule has 2 aliphatic rings. The second kappa shape index (κ2) is 6.40. The summed E-state index contributed by atoms with van der Waals surface area (Å²) < 4.78 is 0. The van der Waals surface area contributed by atoms with E-state index in [4.69, 9.17) is 10.1 Å². The molecule has 1 N–H and O–H groups in total. The Labute approximate surface area is 141 Å². The van der Waals surface area contributed by atoms with Crippen LogP contribution in [0.4, 0.5) is 5.82 Å². The molecule has 24 heavy (non-hydrogen) atoms. The molecule has 0 saturated carbocycles. The average molecular weight is 325 g/mol. The topological polar surface area (TPSA) is 56.7 Å². The van der Waals surface area contributed by atoms with Crippen LogP contribution >= 0.6 is 0 Å². The lowest BCUT2D eigenvalue weighted by Crippen LogP contribution is -2.49. The Morgan fingerprint density at radius 1 is 1.17 bits per heavy atom. The summed E-state index contributed by atoms with van der Waals surface area (Å²) in [6, 6.07) is 10.5. The number of fused-ring (bicyclic) bond motifs is 1. The maximum absolute atomic E-state index is 11.0. The van der Waals surface area contributed by atoms with Gasteiger partial charge in [0.15, 0.2) is 0 Å². The number of nitrogens with zero attached hydrogens (tertiary/aromatic N) is 3. The Hall–Kier alpha value is -2.14. The number of hydrogen-bond acceptors (Lipinski definition) is 4. The number of benzene rings is 1. The standard InChI is InChI=1S/C19H23N3O2/c23-19(24)16-12-21(13-16)11-15-10-14-6-2-3-7-17(14)20-18(15)22-8-4-1-5-9-22/h2-3,6-7,10,16H,1,4-5,8-9,11-13H2,(H,23,24). The van der Waals surface area contributed by atoms with Gasteiger partial charge in [-0.25, -0.2) is 4.98 Å². The van der Waals surface area contributed by atoms with Crippen LogP contribution in [0.15, 0.2) is 30.3 Å². The van der Waals surface area contributed by atoms with Crippen LogP contribution in [0.5, 0.6) is 0 Å². The lowest BCUT2D eigenvalue weighted by atomic mass is 9.99. The fraction of sp³-hybridized carbons (Fsp3) is 0.474. The molecule has 4 rings (SSSR count). The van der Waals surface area contributed by atoms with Crippen LogP contribution in [-0.2, 0) is 11.3 Å². The van der Waals surface area contributed by atoms with E-state index < -0.39 is 5.97 Å². The van der Waals surface area contributed by atoms with Crippen molar-refractivity contribution in [3.05, 3.63) is 35.9 Å². The molecule has 0 amide bonds. The number of para-hydroxylation sites is 1. The summed E-state index contributed by atoms with van der Waals surface area (Å²) in [6.07, 6.45) is 3.74. The lowest BCUT2D eigenvalue weighted by Gasteiger charge is -2.38. The van der Waals surface area contributed by atoms with Crippen molar-refractivity contribution in [1.82, 2.24) is 9.88 Å². The Kier molecular flexibility index (Phi) is 4.10.